The van der Waals surface area contributed by atoms with Crippen molar-refractivity contribution >= 4 is 35.9 Å². The van der Waals surface area contributed by atoms with E-state index in [2.05, 4.69) is 5.32 Å². The fraction of sp³-hybridized carbons (Fsp3) is 0.647. The van der Waals surface area contributed by atoms with E-state index in [0.29, 0.717) is 0 Å². The maximum absolute atomic E-state index is 15.1. The minimum absolute atomic E-state index is 0.0194. The molecule has 73 heavy (non-hydrogen) atoms. The molecule has 6 rings (SSSR count). The summed E-state index contributed by atoms with van der Waals surface area (Å²) < 4.78 is 51.4. The van der Waals surface area contributed by atoms with Crippen molar-refractivity contribution < 1.29 is 102 Å². The molecule has 3 saturated carbocycles. The van der Waals surface area contributed by atoms with Gasteiger partial charge in [0.05, 0.1) is 62.3 Å². The number of hydrogen-bond donors (Lipinski definition) is 7. The van der Waals surface area contributed by atoms with E-state index >= 15 is 4.79 Å². The summed E-state index contributed by atoms with van der Waals surface area (Å²) in [6.07, 6.45) is -15.1. The number of carbonyl (C=O) groups is 6. The highest BCUT2D eigenvalue weighted by Gasteiger charge is 2.86. The number of aliphatic carboxylic acids is 1. The summed E-state index contributed by atoms with van der Waals surface area (Å²) >= 11 is 0. The highest BCUT2D eigenvalue weighted by molar-refractivity contribution is 5.89. The van der Waals surface area contributed by atoms with Crippen molar-refractivity contribution in [1.82, 2.24) is 5.32 Å². The quantitative estimate of drug-likeness (QED) is 0.0599. The summed E-state index contributed by atoms with van der Waals surface area (Å²) in [7, 11) is 0. The van der Waals surface area contributed by atoms with Gasteiger partial charge in [-0.2, -0.15) is 0 Å². The van der Waals surface area contributed by atoms with Crippen molar-refractivity contribution in [1.29, 1.82) is 0 Å². The highest BCUT2D eigenvalue weighted by Crippen LogP contribution is 2.67. The van der Waals surface area contributed by atoms with Gasteiger partial charge in [-0.15, -0.1) is 0 Å². The first-order valence-corrected chi connectivity index (χ1v) is 24.1. The number of benzene rings is 2. The summed E-state index contributed by atoms with van der Waals surface area (Å²) in [5.41, 5.74) is -12.8. The second kappa shape index (κ2) is 22.3. The third-order valence-electron chi connectivity index (χ3n) is 15.0. The molecule has 2 unspecified atom stereocenters. The number of carboxylic acids is 1. The van der Waals surface area contributed by atoms with Crippen molar-refractivity contribution in [2.45, 2.75) is 139 Å². The van der Waals surface area contributed by atoms with E-state index in [-0.39, 0.29) is 44.0 Å². The topological polar surface area (TPSA) is 319 Å². The van der Waals surface area contributed by atoms with Gasteiger partial charge in [0.2, 0.25) is 6.10 Å². The SMILES string of the molecule is CC(=O)O[C@]12CO[C@H]1C[C@@H](O)[C@]1(C)[C@@H](O)[C@@H](O)C3[C@@H](C)C(OC(=O)[C@@H](OC(=O)COCCOCCOCC(=O)O)[C@H](NC(=O)OC(C)(C)C)c4ccccc4)C[C@](O)([C@H](OC(=O)c4ccccc4)[C@]12O)C3(C)C. The molecule has 0 radical (unpaired) electrons. The van der Waals surface area contributed by atoms with Crippen LogP contribution >= 0.6 is 0 Å². The van der Waals surface area contributed by atoms with Crippen LogP contribution in [0.15, 0.2) is 60.7 Å². The van der Waals surface area contributed by atoms with Gasteiger partial charge in [-0.1, -0.05) is 76.2 Å². The van der Waals surface area contributed by atoms with Crippen LogP contribution in [0.2, 0.25) is 0 Å². The first-order chi connectivity index (χ1) is 34.2. The highest BCUT2D eigenvalue weighted by atomic mass is 16.7. The van der Waals surface area contributed by atoms with Crippen LogP contribution in [0, 0.1) is 22.7 Å². The van der Waals surface area contributed by atoms with E-state index in [1.165, 1.54) is 57.2 Å². The van der Waals surface area contributed by atoms with Crippen LogP contribution in [-0.2, 0) is 61.8 Å². The number of fused-ring (bicyclic) bond motifs is 5. The molecule has 1 saturated heterocycles. The Morgan fingerprint density at radius 1 is 0.836 bits per heavy atom. The number of esters is 4. The van der Waals surface area contributed by atoms with Gasteiger partial charge in [0.1, 0.15) is 42.7 Å². The largest absolute Gasteiger partial charge is 0.480 e. The second-order valence-corrected chi connectivity index (χ2v) is 20.9. The number of carboxylic acid groups (broad SMARTS) is 1. The fourth-order valence-electron chi connectivity index (χ4n) is 11.3. The minimum Gasteiger partial charge on any atom is -0.480 e. The lowest BCUT2D eigenvalue weighted by Crippen LogP contribution is -2.92. The number of aliphatic hydroxyl groups is 5. The number of ether oxygens (including phenoxy) is 9. The molecule has 4 fully saturated rings. The summed E-state index contributed by atoms with van der Waals surface area (Å²) in [6, 6.07) is 13.9. The monoisotopic (exact) mass is 1030 g/mol. The molecule has 0 spiro atoms. The molecule has 2 bridgehead atoms. The molecule has 4 aliphatic rings. The number of amides is 1. The van der Waals surface area contributed by atoms with Crippen LogP contribution in [0.4, 0.5) is 4.79 Å². The Kier molecular flexibility index (Phi) is 17.4. The van der Waals surface area contributed by atoms with Gasteiger partial charge in [-0.05, 0) is 44.4 Å². The smallest absolute Gasteiger partial charge is 0.408 e. The maximum Gasteiger partial charge on any atom is 0.408 e. The average molecular weight is 1030 g/mol. The zero-order chi connectivity index (χ0) is 53.9. The van der Waals surface area contributed by atoms with E-state index in [1.54, 1.807) is 52.0 Å². The van der Waals surface area contributed by atoms with E-state index in [1.807, 2.05) is 0 Å². The average Bonchev–Trinajstić information content (AvgIpc) is 3.31. The Labute approximate surface area is 422 Å². The molecule has 1 heterocycles. The zero-order valence-electron chi connectivity index (χ0n) is 42.2. The second-order valence-electron chi connectivity index (χ2n) is 20.9. The Morgan fingerprint density at radius 3 is 1.99 bits per heavy atom. The Bertz CT molecular complexity index is 2290. The molecular formula is C51H69NO21. The molecule has 22 heteroatoms. The molecule has 14 atom stereocenters. The van der Waals surface area contributed by atoms with Crippen molar-refractivity contribution in [3.05, 3.63) is 71.8 Å². The lowest BCUT2D eigenvalue weighted by atomic mass is 9.40. The molecule has 1 amide bonds. The Hall–Kier alpha value is -5.30. The van der Waals surface area contributed by atoms with Crippen LogP contribution in [0.5, 0.6) is 0 Å². The summed E-state index contributed by atoms with van der Waals surface area (Å²) in [5.74, 6) is -7.98. The van der Waals surface area contributed by atoms with Gasteiger partial charge >= 0.3 is 35.9 Å². The fourth-order valence-corrected chi connectivity index (χ4v) is 11.3. The van der Waals surface area contributed by atoms with Gasteiger partial charge < -0.3 is 78.6 Å². The Morgan fingerprint density at radius 2 is 1.42 bits per heavy atom. The van der Waals surface area contributed by atoms with E-state index < -0.39 is 156 Å². The van der Waals surface area contributed by atoms with E-state index in [0.717, 1.165) is 6.92 Å². The lowest BCUT2D eigenvalue weighted by Gasteiger charge is -2.73. The predicted octanol–water partition coefficient (Wildman–Crippen LogP) is 1.79. The number of aliphatic hydroxyl groups excluding tert-OH is 3. The molecule has 2 aromatic rings. The minimum atomic E-state index is -3.00. The van der Waals surface area contributed by atoms with Crippen LogP contribution in [-0.4, -0.2) is 178 Å². The molecule has 3 aliphatic carbocycles. The van der Waals surface area contributed by atoms with Gasteiger partial charge in [0, 0.05) is 31.1 Å². The number of carbonyl (C=O) groups excluding carboxylic acids is 5. The predicted molar refractivity (Wildman–Crippen MR) is 250 cm³/mol. The van der Waals surface area contributed by atoms with Crippen molar-refractivity contribution in [3.8, 4) is 0 Å². The van der Waals surface area contributed by atoms with Crippen LogP contribution < -0.4 is 5.32 Å². The van der Waals surface area contributed by atoms with Gasteiger partial charge in [0.25, 0.3) is 0 Å². The molecule has 1 aliphatic heterocycles. The van der Waals surface area contributed by atoms with Crippen molar-refractivity contribution in [2.75, 3.05) is 46.2 Å². The number of nitrogens with one attached hydrogen (secondary N) is 1. The van der Waals surface area contributed by atoms with Gasteiger partial charge in [-0.25, -0.2) is 24.0 Å². The van der Waals surface area contributed by atoms with E-state index in [4.69, 9.17) is 47.7 Å². The Balaban J connectivity index is 1.42. The first kappa shape index (κ1) is 57.0. The zero-order valence-corrected chi connectivity index (χ0v) is 42.2. The number of rotatable bonds is 19. The molecule has 0 aromatic heterocycles. The van der Waals surface area contributed by atoms with Crippen LogP contribution in [0.25, 0.3) is 0 Å². The molecule has 404 valence electrons. The molecular weight excluding hydrogens is 963 g/mol. The van der Waals surface area contributed by atoms with Crippen molar-refractivity contribution in [3.63, 3.8) is 0 Å². The maximum atomic E-state index is 15.1. The lowest BCUT2D eigenvalue weighted by molar-refractivity contribution is -0.432. The van der Waals surface area contributed by atoms with E-state index in [9.17, 15) is 49.5 Å². The summed E-state index contributed by atoms with van der Waals surface area (Å²) in [5, 5.41) is 76.2. The van der Waals surface area contributed by atoms with Gasteiger partial charge in [0.15, 0.2) is 17.3 Å². The van der Waals surface area contributed by atoms with Crippen LogP contribution in [0.3, 0.4) is 0 Å². The third-order valence-corrected chi connectivity index (χ3v) is 15.0. The number of alkyl carbamates (subject to hydrolysis) is 1. The summed E-state index contributed by atoms with van der Waals surface area (Å²) in [6.45, 7) is 9.65. The molecule has 22 nitrogen and oxygen atoms in total. The van der Waals surface area contributed by atoms with Crippen LogP contribution in [0.1, 0.15) is 90.2 Å². The molecule has 2 aromatic carbocycles. The standard InChI is InChI=1S/C51H69NO21/c1-28-32(69-43(61)40(70-36(57)26-67-22-20-65-19-21-66-25-35(55)56)38(30-15-11-9-12-16-30)52-45(62)73-46(3,4)5)24-49(63)44(71-42(60)31-17-13-10-14-18-31)51(64)48(8,41(59)39(58)37(28)47(49,6)7)33(54)23-34-50(51,27-68-34)72-29(2)53/h9-18,28,32-34,37-41,44,54,58-59,63-64H,19-27H2,1-8H3,(H,52,62)(H,55,56)/t28-,32?,33+,34-,37?,38+,39-,40-,41-,44-,48+,49-,50+,51-/m0/s1. The summed E-state index contributed by atoms with van der Waals surface area (Å²) in [4.78, 5) is 80.4. The number of hydrogen-bond acceptors (Lipinski definition) is 20. The first-order valence-electron chi connectivity index (χ1n) is 24.1. The van der Waals surface area contributed by atoms with Crippen molar-refractivity contribution in [2.24, 2.45) is 22.7 Å². The molecule has 7 N–H and O–H groups in total. The normalized spacial score (nSPS) is 33.1. The third kappa shape index (κ3) is 11.1. The van der Waals surface area contributed by atoms with Gasteiger partial charge in [-0.3, -0.25) is 4.79 Å².